The Kier molecular flexibility index (Phi) is 10.3. The number of anilines is 3. The Morgan fingerprint density at radius 1 is 0.969 bits per heavy atom. The molecule has 64 heavy (non-hydrogen) atoms. The number of aromatic hydroxyl groups is 1. The molecule has 4 amide bonds. The highest BCUT2D eigenvalue weighted by atomic mass is 79.9. The van der Waals surface area contributed by atoms with Gasteiger partial charge in [0.1, 0.15) is 11.5 Å². The Morgan fingerprint density at radius 3 is 2.27 bits per heavy atom. The van der Waals surface area contributed by atoms with Crippen LogP contribution >= 0.6 is 54.8 Å². The van der Waals surface area contributed by atoms with Crippen molar-refractivity contribution in [2.75, 3.05) is 35.9 Å². The molecule has 3 fully saturated rings. The number of carbonyl (C=O) groups is 4. The molecule has 21 heteroatoms. The quantitative estimate of drug-likeness (QED) is 0.0669. The van der Waals surface area contributed by atoms with E-state index in [0.29, 0.717) is 26.3 Å². The van der Waals surface area contributed by atoms with Crippen LogP contribution in [0.1, 0.15) is 36.8 Å². The number of rotatable bonds is 8. The first kappa shape index (κ1) is 43.5. The van der Waals surface area contributed by atoms with E-state index in [1.54, 1.807) is 32.2 Å². The summed E-state index contributed by atoms with van der Waals surface area (Å²) in [6.45, 7) is 3.66. The number of imide groups is 2. The highest BCUT2D eigenvalue weighted by Crippen LogP contribution is 2.65. The lowest BCUT2D eigenvalue weighted by Gasteiger charge is -2.49. The molecule has 2 aromatic heterocycles. The highest BCUT2D eigenvalue weighted by molar-refractivity contribution is 9.13. The number of nitro benzene ring substituents is 2. The summed E-state index contributed by atoms with van der Waals surface area (Å²) < 4.78 is 8.60. The van der Waals surface area contributed by atoms with Gasteiger partial charge in [0.25, 0.3) is 0 Å². The molecule has 9 rings (SSSR count). The Hall–Kier alpha value is -5.70. The minimum atomic E-state index is -1.51. The maximum Gasteiger partial charge on any atom is 0.301 e. The first-order valence-electron chi connectivity index (χ1n) is 19.8. The molecule has 4 aliphatic rings. The van der Waals surface area contributed by atoms with Crippen LogP contribution in [0.25, 0.3) is 20.7 Å². The van der Waals surface area contributed by atoms with Gasteiger partial charge in [-0.15, -0.1) is 11.3 Å². The van der Waals surface area contributed by atoms with Crippen molar-refractivity contribution in [1.82, 2.24) is 9.78 Å². The van der Waals surface area contributed by atoms with Crippen molar-refractivity contribution in [3.63, 3.8) is 0 Å². The topological polar surface area (TPSA) is 212 Å². The number of nitro groups is 2. The summed E-state index contributed by atoms with van der Waals surface area (Å²) in [5.74, 6) is -7.43. The molecule has 2 aliphatic carbocycles. The number of phenolic OH excluding ortho intramolecular Hbond substituents is 1. The van der Waals surface area contributed by atoms with Gasteiger partial charge in [-0.1, -0.05) is 23.3 Å². The van der Waals surface area contributed by atoms with Crippen LogP contribution in [0, 0.1) is 56.2 Å². The Morgan fingerprint density at radius 2 is 1.64 bits per heavy atom. The number of hydrogen-bond donors (Lipinski definition) is 1. The van der Waals surface area contributed by atoms with Gasteiger partial charge in [0.15, 0.2) is 17.2 Å². The van der Waals surface area contributed by atoms with Gasteiger partial charge < -0.3 is 14.7 Å². The summed E-state index contributed by atoms with van der Waals surface area (Å²) in [5, 5.41) is 41.9. The van der Waals surface area contributed by atoms with E-state index in [1.807, 2.05) is 25.1 Å². The van der Waals surface area contributed by atoms with Crippen LogP contribution in [0.15, 0.2) is 63.1 Å². The van der Waals surface area contributed by atoms with Crippen molar-refractivity contribution >= 4 is 117 Å². The normalized spacial score (nSPS) is 24.0. The first-order valence-corrected chi connectivity index (χ1v) is 22.6. The van der Waals surface area contributed by atoms with Gasteiger partial charge in [-0.25, -0.2) is 9.80 Å². The van der Waals surface area contributed by atoms with Crippen molar-refractivity contribution in [2.24, 2.45) is 36.1 Å². The second-order valence-electron chi connectivity index (χ2n) is 16.8. The third-order valence-corrected chi connectivity index (χ3v) is 17.0. The molecule has 3 aromatic carbocycles. The molecule has 330 valence electrons. The van der Waals surface area contributed by atoms with Crippen LogP contribution in [0.5, 0.6) is 11.5 Å². The number of phenols is 1. The predicted molar refractivity (Wildman–Crippen MR) is 245 cm³/mol. The van der Waals surface area contributed by atoms with Gasteiger partial charge in [-0.05, 0) is 105 Å². The second-order valence-corrected chi connectivity index (χ2v) is 19.8. The fraction of sp³-hybridized carbons (Fsp3) is 0.326. The van der Waals surface area contributed by atoms with E-state index in [2.05, 4.69) is 31.9 Å². The molecule has 17 nitrogen and oxygen atoms in total. The molecular weight excluding hydrogens is 1000 g/mol. The lowest BCUT2D eigenvalue weighted by atomic mass is 9.51. The molecule has 4 heterocycles. The van der Waals surface area contributed by atoms with Crippen LogP contribution < -0.4 is 19.4 Å². The summed E-state index contributed by atoms with van der Waals surface area (Å²) in [5.41, 5.74) is -0.989. The van der Waals surface area contributed by atoms with E-state index in [9.17, 15) is 34.9 Å². The van der Waals surface area contributed by atoms with E-state index in [1.165, 1.54) is 42.1 Å². The maximum absolute atomic E-state index is 15.4. The number of hydrogen-bond acceptors (Lipinski definition) is 13. The van der Waals surface area contributed by atoms with Crippen LogP contribution in [0.2, 0.25) is 5.02 Å². The number of carbonyl (C=O) groups excluding carboxylic acids is 4. The molecule has 0 spiro atoms. The number of ether oxygens (including phenoxy) is 1. The van der Waals surface area contributed by atoms with E-state index in [0.717, 1.165) is 42.5 Å². The van der Waals surface area contributed by atoms with Crippen LogP contribution in [0.3, 0.4) is 0 Å². The van der Waals surface area contributed by atoms with Crippen molar-refractivity contribution in [3.05, 3.63) is 99.4 Å². The van der Waals surface area contributed by atoms with Gasteiger partial charge in [0, 0.05) is 59.5 Å². The largest absolute Gasteiger partial charge is 0.503 e. The zero-order valence-corrected chi connectivity index (χ0v) is 39.5. The molecule has 0 bridgehead atoms. The number of nitrogens with zero attached hydrogens (tertiary/aromatic N) is 7. The fourth-order valence-corrected chi connectivity index (χ4v) is 12.8. The summed E-state index contributed by atoms with van der Waals surface area (Å²) >= 11 is 14.9. The molecule has 1 saturated carbocycles. The van der Waals surface area contributed by atoms with Crippen molar-refractivity contribution in [3.8, 4) is 22.1 Å². The van der Waals surface area contributed by atoms with Gasteiger partial charge in [-0.2, -0.15) is 5.10 Å². The third-order valence-electron chi connectivity index (χ3n) is 13.3. The Balaban J connectivity index is 1.18. The molecular formula is C43H36Br2ClN7O10S. The SMILES string of the molecule is COc1cc([C@H]2C3=CC[C@@H]4C(=O)N(c5cc([N+](=O)[O-])c(N(C)C)c([N+](=O)[O-])c5)C(=O)[C@@H]4[C@@H]3C[C@H]3C(=O)N(c4cc(-c5sc6ccc(Cl)cc6c5C)nn4C)C(=O)[C@@]23C)c(Br)c(Br)c1O. The number of fused-ring (bicyclic) bond motifs is 5. The Labute approximate surface area is 389 Å². The molecule has 5 aromatic rings. The number of aryl methyl sites for hydroxylation is 2. The predicted octanol–water partition coefficient (Wildman–Crippen LogP) is 8.82. The number of methoxy groups -OCH3 is 1. The average molecular weight is 1040 g/mol. The maximum atomic E-state index is 15.4. The summed E-state index contributed by atoms with van der Waals surface area (Å²) in [6, 6.07) is 10.8. The zero-order chi connectivity index (χ0) is 46.2. The van der Waals surface area contributed by atoms with Gasteiger partial charge in [0.05, 0.1) is 55.2 Å². The van der Waals surface area contributed by atoms with Crippen LogP contribution in [0.4, 0.5) is 28.6 Å². The number of aromatic nitrogens is 2. The van der Waals surface area contributed by atoms with Crippen molar-refractivity contribution in [2.45, 2.75) is 32.6 Å². The first-order chi connectivity index (χ1) is 30.2. The lowest BCUT2D eigenvalue weighted by molar-refractivity contribution is -0.392. The van der Waals surface area contributed by atoms with Crippen LogP contribution in [-0.2, 0) is 26.2 Å². The van der Waals surface area contributed by atoms with E-state index < -0.39 is 79.9 Å². The molecule has 2 saturated heterocycles. The summed E-state index contributed by atoms with van der Waals surface area (Å²) in [6.07, 6.45) is 1.79. The fourth-order valence-electron chi connectivity index (χ4n) is 10.5. The zero-order valence-electron chi connectivity index (χ0n) is 34.7. The molecule has 2 aliphatic heterocycles. The van der Waals surface area contributed by atoms with E-state index >= 15 is 9.59 Å². The van der Waals surface area contributed by atoms with E-state index in [4.69, 9.17) is 21.4 Å². The third kappa shape index (κ3) is 6.08. The second kappa shape index (κ2) is 15.2. The summed E-state index contributed by atoms with van der Waals surface area (Å²) in [4.78, 5) is 86.7. The van der Waals surface area contributed by atoms with Crippen molar-refractivity contribution in [1.29, 1.82) is 0 Å². The monoisotopic (exact) mass is 1040 g/mol. The van der Waals surface area contributed by atoms with Crippen LogP contribution in [-0.4, -0.2) is 69.6 Å². The smallest absolute Gasteiger partial charge is 0.301 e. The Bertz CT molecular complexity index is 2990. The number of benzene rings is 3. The minimum Gasteiger partial charge on any atom is -0.503 e. The number of halogens is 3. The molecule has 1 N–H and O–H groups in total. The van der Waals surface area contributed by atoms with Gasteiger partial charge in [-0.3, -0.25) is 44.1 Å². The molecule has 0 radical (unpaired) electrons. The summed E-state index contributed by atoms with van der Waals surface area (Å²) in [7, 11) is 5.82. The number of allylic oxidation sites excluding steroid dienone is 2. The lowest BCUT2D eigenvalue weighted by Crippen LogP contribution is -2.49. The van der Waals surface area contributed by atoms with Crippen molar-refractivity contribution < 1.29 is 38.9 Å². The minimum absolute atomic E-state index is 0.0134. The standard InChI is InChI=1S/C43H36Br2ClN7O10S/c1-17-22-11-18(46)7-10-30(22)64-38(17)26-16-31(49(5)47-26)51-40(56)25-14-23-20(33(43(25,2)42(51)58)24-15-29(63-6)37(54)35(45)34(24)44)8-9-21-32(23)41(57)50(39(21)55)19-12-27(52(59)60)36(48(3)4)28(13-19)53(61)62/h7-8,10-13,15-16,21,23,25,32-33,54H,9,14H2,1-6H3/t21-,23+,25-,32-,33+,43+/m0/s1. The highest BCUT2D eigenvalue weighted by Gasteiger charge is 2.68. The van der Waals surface area contributed by atoms with Gasteiger partial charge in [0.2, 0.25) is 23.6 Å². The number of amides is 4. The molecule has 6 atom stereocenters. The van der Waals surface area contributed by atoms with Gasteiger partial charge >= 0.3 is 11.4 Å². The van der Waals surface area contributed by atoms with E-state index in [-0.39, 0.29) is 46.0 Å². The average Bonchev–Trinajstić information content (AvgIpc) is 3.92. The molecule has 0 unspecified atom stereocenters. The number of thiophene rings is 1.